The normalized spacial score (nSPS) is 10.5. The summed E-state index contributed by atoms with van der Waals surface area (Å²) in [6.45, 7) is 4.21. The Labute approximate surface area is 99.3 Å². The zero-order chi connectivity index (χ0) is 12.3. The summed E-state index contributed by atoms with van der Waals surface area (Å²) in [6.07, 6.45) is 2.96. The lowest BCUT2D eigenvalue weighted by Gasteiger charge is -2.08. The van der Waals surface area contributed by atoms with E-state index >= 15 is 0 Å². The Kier molecular flexibility index (Phi) is 3.23. The third-order valence-electron chi connectivity index (χ3n) is 2.41. The molecule has 0 radical (unpaired) electrons. The predicted molar refractivity (Wildman–Crippen MR) is 65.5 cm³/mol. The molecule has 0 bridgehead atoms. The van der Waals surface area contributed by atoms with Crippen LogP contribution in [-0.4, -0.2) is 9.97 Å². The van der Waals surface area contributed by atoms with Gasteiger partial charge in [0.05, 0.1) is 0 Å². The van der Waals surface area contributed by atoms with Crippen LogP contribution in [0.5, 0.6) is 11.6 Å². The van der Waals surface area contributed by atoms with E-state index in [9.17, 15) is 4.79 Å². The number of nitrogens with zero attached hydrogens (tertiary/aromatic N) is 1. The molecule has 4 heteroatoms. The minimum atomic E-state index is -0.331. The Morgan fingerprint density at radius 3 is 2.88 bits per heavy atom. The van der Waals surface area contributed by atoms with Gasteiger partial charge in [0, 0.05) is 12.4 Å². The number of nitrogens with one attached hydrogen (secondary N) is 1. The fourth-order valence-corrected chi connectivity index (χ4v) is 1.46. The highest BCUT2D eigenvalue weighted by Crippen LogP contribution is 2.22. The summed E-state index contributed by atoms with van der Waals surface area (Å²) in [5.74, 6) is 1.11. The average molecular weight is 230 g/mol. The van der Waals surface area contributed by atoms with Crippen LogP contribution in [0.3, 0.4) is 0 Å². The van der Waals surface area contributed by atoms with E-state index in [1.807, 2.05) is 18.2 Å². The van der Waals surface area contributed by atoms with Crippen molar-refractivity contribution >= 4 is 0 Å². The maximum absolute atomic E-state index is 11.4. The van der Waals surface area contributed by atoms with Crippen LogP contribution in [0.25, 0.3) is 0 Å². The zero-order valence-electron chi connectivity index (χ0n) is 9.81. The van der Waals surface area contributed by atoms with Crippen molar-refractivity contribution in [2.75, 3.05) is 0 Å². The molecule has 1 aromatic heterocycles. The highest BCUT2D eigenvalue weighted by Gasteiger charge is 2.05. The van der Waals surface area contributed by atoms with Gasteiger partial charge in [0.15, 0.2) is 0 Å². The highest BCUT2D eigenvalue weighted by molar-refractivity contribution is 5.32. The molecule has 0 spiro atoms. The molecule has 2 aromatic rings. The van der Waals surface area contributed by atoms with Crippen molar-refractivity contribution in [2.45, 2.75) is 19.8 Å². The summed E-state index contributed by atoms with van der Waals surface area (Å²) in [6, 6.07) is 7.65. The Morgan fingerprint density at radius 2 is 2.18 bits per heavy atom. The van der Waals surface area contributed by atoms with Crippen molar-refractivity contribution in [3.8, 4) is 11.6 Å². The van der Waals surface area contributed by atoms with E-state index in [4.69, 9.17) is 4.74 Å². The van der Waals surface area contributed by atoms with Crippen molar-refractivity contribution in [2.24, 2.45) is 0 Å². The molecule has 0 aliphatic heterocycles. The summed E-state index contributed by atoms with van der Waals surface area (Å²) in [7, 11) is 0. The number of benzene rings is 1. The molecular formula is C13H14N2O2. The van der Waals surface area contributed by atoms with Crippen LogP contribution >= 0.6 is 0 Å². The second-order valence-electron chi connectivity index (χ2n) is 4.05. The van der Waals surface area contributed by atoms with E-state index < -0.39 is 0 Å². The molecule has 1 N–H and O–H groups in total. The van der Waals surface area contributed by atoms with Crippen LogP contribution in [0.1, 0.15) is 25.3 Å². The number of rotatable bonds is 3. The number of ether oxygens (including phenoxy) is 1. The molecule has 17 heavy (non-hydrogen) atoms. The van der Waals surface area contributed by atoms with Crippen LogP contribution in [0.4, 0.5) is 0 Å². The zero-order valence-corrected chi connectivity index (χ0v) is 9.81. The Balaban J connectivity index is 2.28. The number of aromatic amines is 1. The van der Waals surface area contributed by atoms with E-state index in [1.165, 1.54) is 12.4 Å². The molecular weight excluding hydrogens is 216 g/mol. The van der Waals surface area contributed by atoms with Gasteiger partial charge in [-0.15, -0.1) is 0 Å². The van der Waals surface area contributed by atoms with Gasteiger partial charge in [-0.05, 0) is 23.6 Å². The van der Waals surface area contributed by atoms with E-state index in [-0.39, 0.29) is 11.4 Å². The maximum atomic E-state index is 11.4. The molecule has 4 nitrogen and oxygen atoms in total. The lowest BCUT2D eigenvalue weighted by Crippen LogP contribution is -2.09. The van der Waals surface area contributed by atoms with Crippen LogP contribution < -0.4 is 10.3 Å². The van der Waals surface area contributed by atoms with Crippen molar-refractivity contribution in [1.82, 2.24) is 9.97 Å². The smallest absolute Gasteiger partial charge is 0.311 e. The van der Waals surface area contributed by atoms with Crippen molar-refractivity contribution in [3.63, 3.8) is 0 Å². The fourth-order valence-electron chi connectivity index (χ4n) is 1.46. The summed E-state index contributed by atoms with van der Waals surface area (Å²) in [5.41, 5.74) is 0.831. The predicted octanol–water partition coefficient (Wildman–Crippen LogP) is 2.69. The van der Waals surface area contributed by atoms with Crippen LogP contribution in [0.15, 0.2) is 41.5 Å². The first-order chi connectivity index (χ1) is 8.16. The standard InChI is InChI=1S/C13H14N2O2/c1-9(2)10-4-3-5-11(8-10)17-13-12(16)14-6-7-15-13/h3-9H,1-2H3,(H,14,16). The molecule has 0 aliphatic carbocycles. The molecule has 1 aromatic carbocycles. The maximum Gasteiger partial charge on any atom is 0.311 e. The Hall–Kier alpha value is -2.10. The fraction of sp³-hybridized carbons (Fsp3) is 0.231. The second-order valence-corrected chi connectivity index (χ2v) is 4.05. The van der Waals surface area contributed by atoms with E-state index in [1.54, 1.807) is 6.07 Å². The van der Waals surface area contributed by atoms with E-state index in [0.717, 1.165) is 5.56 Å². The molecule has 0 atom stereocenters. The van der Waals surface area contributed by atoms with Gasteiger partial charge in [0.1, 0.15) is 5.75 Å². The highest BCUT2D eigenvalue weighted by atomic mass is 16.5. The SMILES string of the molecule is CC(C)c1cccc(Oc2ncc[nH]c2=O)c1. The van der Waals surface area contributed by atoms with E-state index in [0.29, 0.717) is 11.7 Å². The van der Waals surface area contributed by atoms with Gasteiger partial charge in [-0.2, -0.15) is 0 Å². The Morgan fingerprint density at radius 1 is 1.35 bits per heavy atom. The lowest BCUT2D eigenvalue weighted by atomic mass is 10.0. The number of hydrogen-bond donors (Lipinski definition) is 1. The molecule has 0 fully saturated rings. The number of aromatic nitrogens is 2. The minimum Gasteiger partial charge on any atom is -0.435 e. The molecule has 0 aliphatic rings. The van der Waals surface area contributed by atoms with Gasteiger partial charge in [0.2, 0.25) is 0 Å². The van der Waals surface area contributed by atoms with E-state index in [2.05, 4.69) is 23.8 Å². The summed E-state index contributed by atoms with van der Waals surface area (Å²) < 4.78 is 5.45. The summed E-state index contributed by atoms with van der Waals surface area (Å²) >= 11 is 0. The van der Waals surface area contributed by atoms with Crippen molar-refractivity contribution in [1.29, 1.82) is 0 Å². The van der Waals surface area contributed by atoms with Crippen LogP contribution in [-0.2, 0) is 0 Å². The lowest BCUT2D eigenvalue weighted by molar-refractivity contribution is 0.453. The number of H-pyrrole nitrogens is 1. The monoisotopic (exact) mass is 230 g/mol. The van der Waals surface area contributed by atoms with Crippen molar-refractivity contribution in [3.05, 3.63) is 52.6 Å². The quantitative estimate of drug-likeness (QED) is 0.881. The average Bonchev–Trinajstić information content (AvgIpc) is 2.32. The van der Waals surface area contributed by atoms with Gasteiger partial charge in [0.25, 0.3) is 5.88 Å². The third kappa shape index (κ3) is 2.72. The van der Waals surface area contributed by atoms with Gasteiger partial charge in [-0.25, -0.2) is 4.98 Å². The largest absolute Gasteiger partial charge is 0.435 e. The molecule has 0 unspecified atom stereocenters. The molecule has 88 valence electrons. The van der Waals surface area contributed by atoms with Crippen LogP contribution in [0.2, 0.25) is 0 Å². The molecule has 0 amide bonds. The second kappa shape index (κ2) is 4.82. The van der Waals surface area contributed by atoms with Gasteiger partial charge in [-0.3, -0.25) is 4.79 Å². The summed E-state index contributed by atoms with van der Waals surface area (Å²) in [4.78, 5) is 17.8. The van der Waals surface area contributed by atoms with Crippen molar-refractivity contribution < 1.29 is 4.74 Å². The van der Waals surface area contributed by atoms with Gasteiger partial charge >= 0.3 is 5.56 Å². The molecule has 0 saturated carbocycles. The topological polar surface area (TPSA) is 55.0 Å². The van der Waals surface area contributed by atoms with Gasteiger partial charge in [-0.1, -0.05) is 26.0 Å². The minimum absolute atomic E-state index is 0.0633. The molecule has 1 heterocycles. The number of hydrogen-bond acceptors (Lipinski definition) is 3. The summed E-state index contributed by atoms with van der Waals surface area (Å²) in [5, 5.41) is 0. The molecule has 0 saturated heterocycles. The first kappa shape index (κ1) is 11.4. The third-order valence-corrected chi connectivity index (χ3v) is 2.41. The van der Waals surface area contributed by atoms with Gasteiger partial charge < -0.3 is 9.72 Å². The first-order valence-corrected chi connectivity index (χ1v) is 5.48. The first-order valence-electron chi connectivity index (χ1n) is 5.48. The molecule has 2 rings (SSSR count). The Bertz CT molecular complexity index is 561. The van der Waals surface area contributed by atoms with Crippen LogP contribution in [0, 0.1) is 0 Å².